The van der Waals surface area contributed by atoms with Crippen LogP contribution in [0.3, 0.4) is 0 Å². The lowest BCUT2D eigenvalue weighted by Crippen LogP contribution is -2.42. The predicted molar refractivity (Wildman–Crippen MR) is 95.4 cm³/mol. The summed E-state index contributed by atoms with van der Waals surface area (Å²) in [4.78, 5) is 11.6. The van der Waals surface area contributed by atoms with E-state index in [0.717, 1.165) is 19.4 Å². The summed E-state index contributed by atoms with van der Waals surface area (Å²) in [6.07, 6.45) is 1.84. The Morgan fingerprint density at radius 1 is 1.46 bits per heavy atom. The molecule has 136 valence electrons. The van der Waals surface area contributed by atoms with Crippen molar-refractivity contribution in [1.82, 2.24) is 9.62 Å². The zero-order chi connectivity index (χ0) is 17.0. The molecule has 1 atom stereocenters. The van der Waals surface area contributed by atoms with E-state index in [1.165, 1.54) is 29.6 Å². The predicted octanol–water partition coefficient (Wildman–Crippen LogP) is 2.17. The number of nitrogens with zero attached hydrogens (tertiary/aromatic N) is 1. The van der Waals surface area contributed by atoms with Gasteiger partial charge in [0, 0.05) is 13.1 Å². The molecule has 6 nitrogen and oxygen atoms in total. The highest BCUT2D eigenvalue weighted by Crippen LogP contribution is 2.27. The number of methoxy groups -OCH3 is 1. The summed E-state index contributed by atoms with van der Waals surface area (Å²) < 4.78 is 31.6. The Kier molecular flexibility index (Phi) is 7.95. The summed E-state index contributed by atoms with van der Waals surface area (Å²) in [5.74, 6) is -0.292. The number of sulfonamides is 1. The maximum atomic E-state index is 12.8. The molecule has 0 saturated carbocycles. The summed E-state index contributed by atoms with van der Waals surface area (Å²) in [6, 6.07) is 4.09. The number of hydrogen-bond donors (Lipinski definition) is 1. The second-order valence-corrected chi connectivity index (χ2v) is 7.91. The zero-order valence-corrected chi connectivity index (χ0v) is 16.0. The van der Waals surface area contributed by atoms with Gasteiger partial charge in [0.2, 0.25) is 10.0 Å². The van der Waals surface area contributed by atoms with E-state index >= 15 is 0 Å². The maximum absolute atomic E-state index is 12.8. The topological polar surface area (TPSA) is 75.7 Å². The average molecular weight is 397 g/mol. The molecule has 0 bridgehead atoms. The van der Waals surface area contributed by atoms with Crippen molar-refractivity contribution in [2.45, 2.75) is 17.7 Å². The van der Waals surface area contributed by atoms with Gasteiger partial charge in [-0.25, -0.2) is 13.2 Å². The average Bonchev–Trinajstić information content (AvgIpc) is 2.54. The van der Waals surface area contributed by atoms with Gasteiger partial charge in [-0.15, -0.1) is 12.4 Å². The van der Waals surface area contributed by atoms with Gasteiger partial charge in [0.15, 0.2) is 0 Å². The van der Waals surface area contributed by atoms with Crippen LogP contribution in [0.2, 0.25) is 5.02 Å². The molecule has 1 aliphatic heterocycles. The first kappa shape index (κ1) is 21.2. The monoisotopic (exact) mass is 396 g/mol. The van der Waals surface area contributed by atoms with Crippen molar-refractivity contribution >= 4 is 40.0 Å². The minimum atomic E-state index is -3.62. The van der Waals surface area contributed by atoms with Gasteiger partial charge in [-0.3, -0.25) is 0 Å². The van der Waals surface area contributed by atoms with Crippen LogP contribution in [0, 0.1) is 5.92 Å². The Labute approximate surface area is 154 Å². The molecular weight excluding hydrogens is 375 g/mol. The Morgan fingerprint density at radius 2 is 2.17 bits per heavy atom. The summed E-state index contributed by atoms with van der Waals surface area (Å²) in [7, 11) is -0.507. The highest BCUT2D eigenvalue weighted by molar-refractivity contribution is 7.89. The Hall–Kier alpha value is -0.860. The summed E-state index contributed by atoms with van der Waals surface area (Å²) in [5.41, 5.74) is 0.153. The van der Waals surface area contributed by atoms with Crippen LogP contribution in [-0.4, -0.2) is 52.5 Å². The van der Waals surface area contributed by atoms with Crippen LogP contribution in [0.4, 0.5) is 0 Å². The van der Waals surface area contributed by atoms with E-state index in [9.17, 15) is 13.2 Å². The van der Waals surface area contributed by atoms with Gasteiger partial charge in [0.25, 0.3) is 0 Å². The summed E-state index contributed by atoms with van der Waals surface area (Å²) >= 11 is 6.03. The molecule has 0 aromatic heterocycles. The van der Waals surface area contributed by atoms with Gasteiger partial charge in [-0.2, -0.15) is 4.31 Å². The minimum absolute atomic E-state index is 0. The molecule has 0 radical (unpaired) electrons. The van der Waals surface area contributed by atoms with Crippen molar-refractivity contribution in [3.05, 3.63) is 28.8 Å². The van der Waals surface area contributed by atoms with E-state index in [1.807, 2.05) is 7.05 Å². The Balaban J connectivity index is 0.00000288. The highest BCUT2D eigenvalue weighted by Gasteiger charge is 2.30. The largest absolute Gasteiger partial charge is 0.465 e. The smallest absolute Gasteiger partial charge is 0.339 e. The fourth-order valence-electron chi connectivity index (χ4n) is 2.78. The van der Waals surface area contributed by atoms with E-state index in [0.29, 0.717) is 19.0 Å². The van der Waals surface area contributed by atoms with Crippen molar-refractivity contribution in [2.24, 2.45) is 5.92 Å². The first-order valence-corrected chi connectivity index (χ1v) is 9.24. The number of carbonyl (C=O) groups excluding carboxylic acids is 1. The van der Waals surface area contributed by atoms with Crippen LogP contribution >= 0.6 is 24.0 Å². The van der Waals surface area contributed by atoms with Crippen LogP contribution < -0.4 is 5.32 Å². The molecule has 1 fully saturated rings. The van der Waals surface area contributed by atoms with Gasteiger partial charge in [0.1, 0.15) is 0 Å². The molecule has 0 aliphatic carbocycles. The number of halogens is 2. The van der Waals surface area contributed by atoms with Crippen LogP contribution in [0.25, 0.3) is 0 Å². The molecule has 1 unspecified atom stereocenters. The number of benzene rings is 1. The first-order valence-electron chi connectivity index (χ1n) is 7.42. The summed E-state index contributed by atoms with van der Waals surface area (Å²) in [5, 5.41) is 3.16. The number of hydrogen-bond acceptors (Lipinski definition) is 5. The number of esters is 1. The quantitative estimate of drug-likeness (QED) is 0.771. The third kappa shape index (κ3) is 4.61. The number of nitrogens with one attached hydrogen (secondary N) is 1. The van der Waals surface area contributed by atoms with Crippen molar-refractivity contribution in [2.75, 3.05) is 33.8 Å². The third-order valence-corrected chi connectivity index (χ3v) is 6.13. The van der Waals surface area contributed by atoms with Crippen LogP contribution in [0.5, 0.6) is 0 Å². The van der Waals surface area contributed by atoms with Gasteiger partial charge in [-0.05, 0) is 50.6 Å². The molecule has 1 aromatic carbocycles. The molecule has 2 rings (SSSR count). The second-order valence-electron chi connectivity index (χ2n) is 5.56. The van der Waals surface area contributed by atoms with Crippen LogP contribution in [0.15, 0.2) is 23.1 Å². The van der Waals surface area contributed by atoms with Crippen LogP contribution in [-0.2, 0) is 14.8 Å². The molecule has 1 aliphatic rings. The standard InChI is InChI=1S/C15H21ClN2O4S.ClH/c1-17-9-11-4-3-7-18(10-11)23(20,21)12-5-6-13(14(16)8-12)15(19)22-2;/h5-6,8,11,17H,3-4,7,9-10H2,1-2H3;1H. The Morgan fingerprint density at radius 3 is 2.75 bits per heavy atom. The fourth-order valence-corrected chi connectivity index (χ4v) is 4.69. The van der Waals surface area contributed by atoms with Crippen molar-refractivity contribution in [1.29, 1.82) is 0 Å². The van der Waals surface area contributed by atoms with E-state index in [-0.39, 0.29) is 27.9 Å². The van der Waals surface area contributed by atoms with E-state index in [1.54, 1.807) is 0 Å². The maximum Gasteiger partial charge on any atom is 0.339 e. The zero-order valence-electron chi connectivity index (χ0n) is 13.6. The number of ether oxygens (including phenoxy) is 1. The van der Waals surface area contributed by atoms with Gasteiger partial charge >= 0.3 is 5.97 Å². The molecule has 0 amide bonds. The van der Waals surface area contributed by atoms with E-state index in [4.69, 9.17) is 11.6 Å². The van der Waals surface area contributed by atoms with Crippen LogP contribution in [0.1, 0.15) is 23.2 Å². The summed E-state index contributed by atoms with van der Waals surface area (Å²) in [6.45, 7) is 1.77. The van der Waals surface area contributed by atoms with E-state index < -0.39 is 16.0 Å². The lowest BCUT2D eigenvalue weighted by atomic mass is 10.00. The SMILES string of the molecule is CNCC1CCCN(S(=O)(=O)c2ccc(C(=O)OC)c(Cl)c2)C1.Cl. The molecular formula is C15H22Cl2N2O4S. The third-order valence-electron chi connectivity index (χ3n) is 3.96. The second kappa shape index (κ2) is 9.01. The molecule has 1 aromatic rings. The number of rotatable bonds is 5. The number of piperidine rings is 1. The molecule has 0 spiro atoms. The van der Waals surface area contributed by atoms with Gasteiger partial charge in [0.05, 0.1) is 22.6 Å². The van der Waals surface area contributed by atoms with Gasteiger partial charge < -0.3 is 10.1 Å². The minimum Gasteiger partial charge on any atom is -0.465 e. The Bertz CT molecular complexity index is 680. The lowest BCUT2D eigenvalue weighted by Gasteiger charge is -2.31. The molecule has 24 heavy (non-hydrogen) atoms. The fraction of sp³-hybridized carbons (Fsp3) is 0.533. The molecule has 1 N–H and O–H groups in total. The normalized spacial score (nSPS) is 18.7. The highest BCUT2D eigenvalue weighted by atomic mass is 35.5. The molecule has 9 heteroatoms. The lowest BCUT2D eigenvalue weighted by molar-refractivity contribution is 0.0601. The molecule has 1 heterocycles. The van der Waals surface area contributed by atoms with Crippen molar-refractivity contribution < 1.29 is 17.9 Å². The van der Waals surface area contributed by atoms with Gasteiger partial charge in [-0.1, -0.05) is 11.6 Å². The molecule has 1 saturated heterocycles. The van der Waals surface area contributed by atoms with Crippen molar-refractivity contribution in [3.8, 4) is 0 Å². The first-order chi connectivity index (χ1) is 10.9. The van der Waals surface area contributed by atoms with E-state index in [2.05, 4.69) is 10.1 Å². The van der Waals surface area contributed by atoms with Crippen molar-refractivity contribution in [3.63, 3.8) is 0 Å². The number of carbonyl (C=O) groups is 1.